The van der Waals surface area contributed by atoms with Crippen molar-refractivity contribution in [3.05, 3.63) is 0 Å². The highest BCUT2D eigenvalue weighted by molar-refractivity contribution is 5.85. The van der Waals surface area contributed by atoms with E-state index >= 15 is 0 Å². The fraction of sp³-hybridized carbons (Fsp3) is 0.929. The van der Waals surface area contributed by atoms with Crippen molar-refractivity contribution in [2.75, 3.05) is 19.7 Å². The summed E-state index contributed by atoms with van der Waals surface area (Å²) >= 11 is 0. The standard InChI is InChI=1S/C14H28N2O2.ClH/c15-10-6-2-1-3-9-14(17)16-11-12-18-13-7-4-5-8-13;/h13H,1-12,15H2,(H,16,17);1H. The van der Waals surface area contributed by atoms with Gasteiger partial charge in [0.05, 0.1) is 12.7 Å². The van der Waals surface area contributed by atoms with E-state index in [-0.39, 0.29) is 18.3 Å². The number of hydrogen-bond acceptors (Lipinski definition) is 3. The van der Waals surface area contributed by atoms with E-state index in [0.29, 0.717) is 25.7 Å². The Morgan fingerprint density at radius 1 is 1.16 bits per heavy atom. The van der Waals surface area contributed by atoms with Crippen LogP contribution in [0.15, 0.2) is 0 Å². The van der Waals surface area contributed by atoms with Gasteiger partial charge in [-0.15, -0.1) is 12.4 Å². The minimum Gasteiger partial charge on any atom is -0.376 e. The van der Waals surface area contributed by atoms with Crippen LogP contribution in [0.4, 0.5) is 0 Å². The molecular formula is C14H29ClN2O2. The van der Waals surface area contributed by atoms with Gasteiger partial charge in [-0.05, 0) is 32.2 Å². The van der Waals surface area contributed by atoms with Crippen LogP contribution in [0.1, 0.15) is 57.8 Å². The second-order valence-corrected chi connectivity index (χ2v) is 5.08. The smallest absolute Gasteiger partial charge is 0.220 e. The van der Waals surface area contributed by atoms with Gasteiger partial charge in [0.15, 0.2) is 0 Å². The van der Waals surface area contributed by atoms with E-state index in [0.717, 1.165) is 32.2 Å². The molecule has 0 aromatic rings. The van der Waals surface area contributed by atoms with E-state index in [1.807, 2.05) is 0 Å². The number of halogens is 1. The molecule has 0 spiro atoms. The van der Waals surface area contributed by atoms with Gasteiger partial charge in [-0.25, -0.2) is 0 Å². The third-order valence-corrected chi connectivity index (χ3v) is 3.44. The number of unbranched alkanes of at least 4 members (excludes halogenated alkanes) is 3. The maximum Gasteiger partial charge on any atom is 0.220 e. The SMILES string of the molecule is Cl.NCCCCCCC(=O)NCCOC1CCCC1. The molecule has 0 radical (unpaired) electrons. The van der Waals surface area contributed by atoms with Crippen molar-refractivity contribution in [3.63, 3.8) is 0 Å². The van der Waals surface area contributed by atoms with Crippen LogP contribution in [-0.2, 0) is 9.53 Å². The number of carbonyl (C=O) groups is 1. The highest BCUT2D eigenvalue weighted by Gasteiger charge is 2.14. The Labute approximate surface area is 123 Å². The predicted octanol–water partition coefficient (Wildman–Crippen LogP) is 2.39. The average molecular weight is 293 g/mol. The zero-order valence-corrected chi connectivity index (χ0v) is 12.7. The van der Waals surface area contributed by atoms with Crippen LogP contribution in [0.5, 0.6) is 0 Å². The summed E-state index contributed by atoms with van der Waals surface area (Å²) in [5.41, 5.74) is 5.41. The Kier molecular flexibility index (Phi) is 12.5. The summed E-state index contributed by atoms with van der Waals surface area (Å²) in [5.74, 6) is 0.151. The summed E-state index contributed by atoms with van der Waals surface area (Å²) in [6.45, 7) is 2.06. The van der Waals surface area contributed by atoms with E-state index in [1.165, 1.54) is 25.7 Å². The summed E-state index contributed by atoms with van der Waals surface area (Å²) in [7, 11) is 0. The molecular weight excluding hydrogens is 264 g/mol. The molecule has 1 rings (SSSR count). The van der Waals surface area contributed by atoms with Gasteiger partial charge in [-0.2, -0.15) is 0 Å². The van der Waals surface area contributed by atoms with Crippen LogP contribution in [0.2, 0.25) is 0 Å². The van der Waals surface area contributed by atoms with Crippen molar-refractivity contribution >= 4 is 18.3 Å². The first kappa shape index (κ1) is 18.7. The molecule has 19 heavy (non-hydrogen) atoms. The number of nitrogens with two attached hydrogens (primary N) is 1. The minimum atomic E-state index is 0. The zero-order valence-electron chi connectivity index (χ0n) is 11.9. The highest BCUT2D eigenvalue weighted by Crippen LogP contribution is 2.20. The maximum atomic E-state index is 11.5. The van der Waals surface area contributed by atoms with Gasteiger partial charge in [0.1, 0.15) is 0 Å². The van der Waals surface area contributed by atoms with E-state index in [4.69, 9.17) is 10.5 Å². The van der Waals surface area contributed by atoms with E-state index in [1.54, 1.807) is 0 Å². The Morgan fingerprint density at radius 2 is 1.84 bits per heavy atom. The second kappa shape index (κ2) is 12.7. The molecule has 0 heterocycles. The number of amides is 1. The van der Waals surface area contributed by atoms with Crippen molar-refractivity contribution in [3.8, 4) is 0 Å². The van der Waals surface area contributed by atoms with Gasteiger partial charge < -0.3 is 15.8 Å². The Morgan fingerprint density at radius 3 is 2.53 bits per heavy atom. The van der Waals surface area contributed by atoms with Gasteiger partial charge >= 0.3 is 0 Å². The van der Waals surface area contributed by atoms with Crippen molar-refractivity contribution in [2.24, 2.45) is 5.73 Å². The van der Waals surface area contributed by atoms with Gasteiger partial charge in [-0.1, -0.05) is 25.7 Å². The first-order valence-electron chi connectivity index (χ1n) is 7.41. The number of hydrogen-bond donors (Lipinski definition) is 2. The van der Waals surface area contributed by atoms with Crippen LogP contribution in [-0.4, -0.2) is 31.7 Å². The molecule has 0 aliphatic heterocycles. The highest BCUT2D eigenvalue weighted by atomic mass is 35.5. The van der Waals surface area contributed by atoms with Crippen molar-refractivity contribution in [1.29, 1.82) is 0 Å². The minimum absolute atomic E-state index is 0. The molecule has 1 amide bonds. The lowest BCUT2D eigenvalue weighted by molar-refractivity contribution is -0.121. The normalized spacial score (nSPS) is 15.2. The Bertz CT molecular complexity index is 221. The van der Waals surface area contributed by atoms with E-state index in [2.05, 4.69) is 5.32 Å². The molecule has 1 aliphatic rings. The number of ether oxygens (including phenoxy) is 1. The lowest BCUT2D eigenvalue weighted by Gasteiger charge is -2.11. The summed E-state index contributed by atoms with van der Waals surface area (Å²) in [6.07, 6.45) is 10.3. The number of carbonyl (C=O) groups excluding carboxylic acids is 1. The molecule has 0 aromatic carbocycles. The van der Waals surface area contributed by atoms with Gasteiger partial charge in [0.2, 0.25) is 5.91 Å². The number of nitrogens with one attached hydrogen (secondary N) is 1. The first-order chi connectivity index (χ1) is 8.83. The lowest BCUT2D eigenvalue weighted by Crippen LogP contribution is -2.28. The molecule has 0 unspecified atom stereocenters. The predicted molar refractivity (Wildman–Crippen MR) is 80.6 cm³/mol. The summed E-state index contributed by atoms with van der Waals surface area (Å²) in [6, 6.07) is 0. The van der Waals surface area contributed by atoms with Crippen LogP contribution in [0.25, 0.3) is 0 Å². The summed E-state index contributed by atoms with van der Waals surface area (Å²) in [5, 5.41) is 2.91. The quantitative estimate of drug-likeness (QED) is 0.608. The van der Waals surface area contributed by atoms with E-state index < -0.39 is 0 Å². The fourth-order valence-corrected chi connectivity index (χ4v) is 2.34. The third kappa shape index (κ3) is 10.2. The maximum absolute atomic E-state index is 11.5. The van der Waals surface area contributed by atoms with Crippen molar-refractivity contribution < 1.29 is 9.53 Å². The van der Waals surface area contributed by atoms with Crippen LogP contribution in [0, 0.1) is 0 Å². The van der Waals surface area contributed by atoms with Gasteiger partial charge in [0, 0.05) is 13.0 Å². The summed E-state index contributed by atoms with van der Waals surface area (Å²) < 4.78 is 5.68. The Hall–Kier alpha value is -0.320. The molecule has 0 bridgehead atoms. The average Bonchev–Trinajstić information content (AvgIpc) is 2.87. The molecule has 0 atom stereocenters. The molecule has 4 nitrogen and oxygen atoms in total. The van der Waals surface area contributed by atoms with E-state index in [9.17, 15) is 4.79 Å². The molecule has 1 aliphatic carbocycles. The fourth-order valence-electron chi connectivity index (χ4n) is 2.34. The van der Waals surface area contributed by atoms with Crippen LogP contribution in [0.3, 0.4) is 0 Å². The van der Waals surface area contributed by atoms with Crippen molar-refractivity contribution in [1.82, 2.24) is 5.32 Å². The third-order valence-electron chi connectivity index (χ3n) is 3.44. The molecule has 0 aromatic heterocycles. The molecule has 114 valence electrons. The molecule has 1 fully saturated rings. The second-order valence-electron chi connectivity index (χ2n) is 5.08. The Balaban J connectivity index is 0.00000324. The van der Waals surface area contributed by atoms with Gasteiger partial charge in [0.25, 0.3) is 0 Å². The van der Waals surface area contributed by atoms with Crippen LogP contribution >= 0.6 is 12.4 Å². The molecule has 5 heteroatoms. The van der Waals surface area contributed by atoms with Crippen molar-refractivity contribution in [2.45, 2.75) is 63.9 Å². The first-order valence-corrected chi connectivity index (χ1v) is 7.41. The van der Waals surface area contributed by atoms with Gasteiger partial charge in [-0.3, -0.25) is 4.79 Å². The lowest BCUT2D eigenvalue weighted by atomic mass is 10.1. The monoisotopic (exact) mass is 292 g/mol. The zero-order chi connectivity index (χ0) is 13.1. The molecule has 0 saturated heterocycles. The molecule has 3 N–H and O–H groups in total. The largest absolute Gasteiger partial charge is 0.376 e. The molecule has 1 saturated carbocycles. The summed E-state index contributed by atoms with van der Waals surface area (Å²) in [4.78, 5) is 11.5. The number of rotatable bonds is 10. The topological polar surface area (TPSA) is 64.4 Å². The van der Waals surface area contributed by atoms with Crippen LogP contribution < -0.4 is 11.1 Å².